The number of nitrogens with zero attached hydrogens (tertiary/aromatic N) is 3. The quantitative estimate of drug-likeness (QED) is 0.653. The van der Waals surface area contributed by atoms with E-state index in [1.165, 1.54) is 6.07 Å². The third-order valence-electron chi connectivity index (χ3n) is 4.80. The number of rotatable bonds is 6. The average Bonchev–Trinajstić information content (AvgIpc) is 3.01. The second-order valence-electron chi connectivity index (χ2n) is 7.21. The van der Waals surface area contributed by atoms with Gasteiger partial charge in [-0.15, -0.1) is 0 Å². The molecule has 5 nitrogen and oxygen atoms in total. The monoisotopic (exact) mass is 414 g/mol. The molecule has 3 rings (SSSR count). The van der Waals surface area contributed by atoms with Crippen LogP contribution in [0.3, 0.4) is 0 Å². The van der Waals surface area contributed by atoms with Crippen molar-refractivity contribution in [3.8, 4) is 5.69 Å². The van der Waals surface area contributed by atoms with E-state index in [2.05, 4.69) is 10.4 Å². The molecule has 0 radical (unpaired) electrons. The second-order valence-corrected chi connectivity index (χ2v) is 7.62. The first-order chi connectivity index (χ1) is 13.8. The standard InChI is InChI=1S/C22H24ClFN4O/c1-14-12-15(2)28(26-14)17-10-8-16(9-11-17)22(29)25-13-20(27(3)4)21-18(23)6-5-7-19(21)24/h5-12,20H,13H2,1-4H3,(H,25,29). The number of nitrogens with one attached hydrogen (secondary N) is 1. The molecule has 0 aliphatic rings. The van der Waals surface area contributed by atoms with Crippen molar-refractivity contribution in [2.24, 2.45) is 0 Å². The summed E-state index contributed by atoms with van der Waals surface area (Å²) in [4.78, 5) is 14.4. The highest BCUT2D eigenvalue weighted by Gasteiger charge is 2.22. The summed E-state index contributed by atoms with van der Waals surface area (Å²) < 4.78 is 16.1. The Balaban J connectivity index is 1.73. The zero-order chi connectivity index (χ0) is 21.1. The number of likely N-dealkylation sites (N-methyl/N-ethyl adjacent to an activating group) is 1. The molecule has 1 amide bonds. The predicted molar refractivity (Wildman–Crippen MR) is 113 cm³/mol. The molecule has 1 unspecified atom stereocenters. The molecule has 152 valence electrons. The molecule has 1 heterocycles. The van der Waals surface area contributed by atoms with Gasteiger partial charge in [0.25, 0.3) is 5.91 Å². The van der Waals surface area contributed by atoms with Crippen molar-refractivity contribution in [1.29, 1.82) is 0 Å². The second kappa shape index (κ2) is 8.76. The summed E-state index contributed by atoms with van der Waals surface area (Å²) in [5.74, 6) is -0.621. The molecular formula is C22H24ClFN4O. The number of halogens is 2. The molecule has 7 heteroatoms. The Morgan fingerprint density at radius 2 is 1.90 bits per heavy atom. The van der Waals surface area contributed by atoms with E-state index in [9.17, 15) is 9.18 Å². The van der Waals surface area contributed by atoms with Crippen molar-refractivity contribution in [2.75, 3.05) is 20.6 Å². The molecular weight excluding hydrogens is 391 g/mol. The molecule has 1 N–H and O–H groups in total. The summed E-state index contributed by atoms with van der Waals surface area (Å²) in [5, 5.41) is 7.67. The zero-order valence-corrected chi connectivity index (χ0v) is 17.7. The van der Waals surface area contributed by atoms with E-state index in [-0.39, 0.29) is 24.3 Å². The van der Waals surface area contributed by atoms with Gasteiger partial charge in [0.05, 0.1) is 17.4 Å². The van der Waals surface area contributed by atoms with Gasteiger partial charge in [-0.05, 0) is 70.4 Å². The van der Waals surface area contributed by atoms with Crippen molar-refractivity contribution in [2.45, 2.75) is 19.9 Å². The minimum Gasteiger partial charge on any atom is -0.350 e. The number of amides is 1. The van der Waals surface area contributed by atoms with Crippen molar-refractivity contribution in [3.05, 3.63) is 81.9 Å². The molecule has 0 aliphatic carbocycles. The summed E-state index contributed by atoms with van der Waals surface area (Å²) >= 11 is 6.20. The molecule has 2 aromatic carbocycles. The van der Waals surface area contributed by atoms with Gasteiger partial charge >= 0.3 is 0 Å². The highest BCUT2D eigenvalue weighted by molar-refractivity contribution is 6.31. The normalized spacial score (nSPS) is 12.2. The zero-order valence-electron chi connectivity index (χ0n) is 16.9. The first kappa shape index (κ1) is 21.0. The van der Waals surface area contributed by atoms with Gasteiger partial charge in [0, 0.05) is 28.4 Å². The Morgan fingerprint density at radius 3 is 2.45 bits per heavy atom. The summed E-state index contributed by atoms with van der Waals surface area (Å²) in [7, 11) is 3.64. The number of carbonyl (C=O) groups is 1. The van der Waals surface area contributed by atoms with E-state index in [0.717, 1.165) is 17.1 Å². The van der Waals surface area contributed by atoms with Crippen LogP contribution in [0.1, 0.15) is 33.4 Å². The summed E-state index contributed by atoms with van der Waals surface area (Å²) in [6.07, 6.45) is 0. The molecule has 0 bridgehead atoms. The Bertz CT molecular complexity index is 994. The van der Waals surface area contributed by atoms with Crippen LogP contribution in [0.5, 0.6) is 0 Å². The van der Waals surface area contributed by atoms with Crippen molar-refractivity contribution >= 4 is 17.5 Å². The van der Waals surface area contributed by atoms with Gasteiger partial charge in [0.2, 0.25) is 0 Å². The summed E-state index contributed by atoms with van der Waals surface area (Å²) in [6.45, 7) is 4.15. The number of hydrogen-bond acceptors (Lipinski definition) is 3. The van der Waals surface area contributed by atoms with Crippen LogP contribution in [0.4, 0.5) is 4.39 Å². The van der Waals surface area contributed by atoms with Gasteiger partial charge in [-0.1, -0.05) is 17.7 Å². The van der Waals surface area contributed by atoms with Gasteiger partial charge in [0.1, 0.15) is 5.82 Å². The molecule has 0 aliphatic heterocycles. The van der Waals surface area contributed by atoms with Crippen LogP contribution in [-0.4, -0.2) is 41.2 Å². The van der Waals surface area contributed by atoms with E-state index in [4.69, 9.17) is 11.6 Å². The largest absolute Gasteiger partial charge is 0.350 e. The lowest BCUT2D eigenvalue weighted by atomic mass is 10.0. The van der Waals surface area contributed by atoms with Gasteiger partial charge < -0.3 is 10.2 Å². The lowest BCUT2D eigenvalue weighted by Gasteiger charge is -2.26. The Kier molecular flexibility index (Phi) is 6.35. The fourth-order valence-electron chi connectivity index (χ4n) is 3.31. The lowest BCUT2D eigenvalue weighted by Crippen LogP contribution is -2.35. The fourth-order valence-corrected chi connectivity index (χ4v) is 3.60. The maximum absolute atomic E-state index is 14.3. The van der Waals surface area contributed by atoms with E-state index in [0.29, 0.717) is 16.1 Å². The third kappa shape index (κ3) is 4.66. The van der Waals surface area contributed by atoms with Crippen molar-refractivity contribution < 1.29 is 9.18 Å². The minimum atomic E-state index is -0.389. The number of benzene rings is 2. The molecule has 3 aromatic rings. The number of carbonyl (C=O) groups excluding carboxylic acids is 1. The lowest BCUT2D eigenvalue weighted by molar-refractivity contribution is 0.0941. The Morgan fingerprint density at radius 1 is 1.21 bits per heavy atom. The summed E-state index contributed by atoms with van der Waals surface area (Å²) in [5.41, 5.74) is 3.74. The first-order valence-corrected chi connectivity index (χ1v) is 9.68. The number of hydrogen-bond donors (Lipinski definition) is 1. The Hall–Kier alpha value is -2.70. The van der Waals surface area contributed by atoms with Gasteiger partial charge in [-0.3, -0.25) is 4.79 Å². The van der Waals surface area contributed by atoms with Crippen LogP contribution in [0, 0.1) is 19.7 Å². The Labute approximate surface area is 175 Å². The van der Waals surface area contributed by atoms with Crippen LogP contribution in [0.2, 0.25) is 5.02 Å². The molecule has 0 saturated carbocycles. The van der Waals surface area contributed by atoms with E-state index < -0.39 is 0 Å². The minimum absolute atomic E-state index is 0.228. The molecule has 0 saturated heterocycles. The number of aromatic nitrogens is 2. The van der Waals surface area contributed by atoms with E-state index in [1.54, 1.807) is 24.3 Å². The maximum Gasteiger partial charge on any atom is 0.251 e. The topological polar surface area (TPSA) is 50.2 Å². The maximum atomic E-state index is 14.3. The molecule has 1 aromatic heterocycles. The SMILES string of the molecule is Cc1cc(C)n(-c2ccc(C(=O)NCC(c3c(F)cccc3Cl)N(C)C)cc2)n1. The van der Waals surface area contributed by atoms with Crippen LogP contribution in [0.25, 0.3) is 5.69 Å². The van der Waals surface area contributed by atoms with E-state index in [1.807, 2.05) is 55.7 Å². The van der Waals surface area contributed by atoms with Gasteiger partial charge in [0.15, 0.2) is 0 Å². The molecule has 1 atom stereocenters. The van der Waals surface area contributed by atoms with Gasteiger partial charge in [-0.2, -0.15) is 5.10 Å². The van der Waals surface area contributed by atoms with Gasteiger partial charge in [-0.25, -0.2) is 9.07 Å². The smallest absolute Gasteiger partial charge is 0.251 e. The van der Waals surface area contributed by atoms with Crippen molar-refractivity contribution in [3.63, 3.8) is 0 Å². The van der Waals surface area contributed by atoms with Crippen molar-refractivity contribution in [1.82, 2.24) is 20.0 Å². The summed E-state index contributed by atoms with van der Waals surface area (Å²) in [6, 6.07) is 13.4. The number of aryl methyl sites for hydroxylation is 2. The average molecular weight is 415 g/mol. The molecule has 0 fully saturated rings. The highest BCUT2D eigenvalue weighted by Crippen LogP contribution is 2.28. The first-order valence-electron chi connectivity index (χ1n) is 9.30. The van der Waals surface area contributed by atoms with Crippen LogP contribution < -0.4 is 5.32 Å². The molecule has 0 spiro atoms. The molecule has 29 heavy (non-hydrogen) atoms. The predicted octanol–water partition coefficient (Wildman–Crippen LogP) is 4.31. The fraction of sp³-hybridized carbons (Fsp3) is 0.273. The van der Waals surface area contributed by atoms with E-state index >= 15 is 0 Å². The third-order valence-corrected chi connectivity index (χ3v) is 5.13. The van der Waals surface area contributed by atoms with Crippen LogP contribution in [-0.2, 0) is 0 Å². The highest BCUT2D eigenvalue weighted by atomic mass is 35.5. The van der Waals surface area contributed by atoms with Crippen LogP contribution >= 0.6 is 11.6 Å². The van der Waals surface area contributed by atoms with Crippen LogP contribution in [0.15, 0.2) is 48.5 Å².